The minimum Gasteiger partial charge on any atom is -0.369 e. The number of morpholine rings is 1. The normalized spacial score (nSPS) is 22.1. The van der Waals surface area contributed by atoms with Crippen LogP contribution < -0.4 is 10.6 Å². The highest BCUT2D eigenvalue weighted by Crippen LogP contribution is 2.30. The molecule has 5 heteroatoms. The van der Waals surface area contributed by atoms with Crippen LogP contribution in [0.15, 0.2) is 24.3 Å². The first-order valence-electron chi connectivity index (χ1n) is 6.90. The summed E-state index contributed by atoms with van der Waals surface area (Å²) < 4.78 is 5.95. The van der Waals surface area contributed by atoms with E-state index in [-0.39, 0.29) is 11.7 Å². The number of hydrogen-bond acceptors (Lipinski definition) is 5. The van der Waals surface area contributed by atoms with Gasteiger partial charge in [0.25, 0.3) is 0 Å². The zero-order valence-electron chi connectivity index (χ0n) is 12.1. The molecule has 1 fully saturated rings. The number of nitrogens with two attached hydrogens (primary N) is 1. The van der Waals surface area contributed by atoms with Gasteiger partial charge in [-0.05, 0) is 32.9 Å². The summed E-state index contributed by atoms with van der Waals surface area (Å²) in [6, 6.07) is 7.97. The van der Waals surface area contributed by atoms with Crippen molar-refractivity contribution in [2.75, 3.05) is 23.7 Å². The quantitative estimate of drug-likeness (QED) is 0.862. The van der Waals surface area contributed by atoms with Crippen LogP contribution in [0.4, 0.5) is 11.8 Å². The molecule has 1 aliphatic heterocycles. The van der Waals surface area contributed by atoms with Crippen molar-refractivity contribution in [2.24, 2.45) is 0 Å². The van der Waals surface area contributed by atoms with Gasteiger partial charge in [-0.3, -0.25) is 0 Å². The SMILES string of the molecule is CC1CN(c2nc(N)nc3ccccc23)CC(C)(C)O1. The molecule has 2 aromatic rings. The Morgan fingerprint density at radius 2 is 2.05 bits per heavy atom. The van der Waals surface area contributed by atoms with E-state index in [4.69, 9.17) is 10.5 Å². The maximum absolute atomic E-state index is 5.95. The lowest BCUT2D eigenvalue weighted by molar-refractivity contribution is -0.0750. The second-order valence-corrected chi connectivity index (χ2v) is 5.99. The molecule has 20 heavy (non-hydrogen) atoms. The smallest absolute Gasteiger partial charge is 0.222 e. The molecule has 1 aliphatic rings. The van der Waals surface area contributed by atoms with E-state index in [2.05, 4.69) is 35.6 Å². The number of rotatable bonds is 1. The van der Waals surface area contributed by atoms with Crippen LogP contribution in [-0.4, -0.2) is 34.8 Å². The molecular formula is C15H20N4O. The Kier molecular flexibility index (Phi) is 3.01. The molecule has 3 rings (SSSR count). The van der Waals surface area contributed by atoms with Gasteiger partial charge in [-0.1, -0.05) is 12.1 Å². The van der Waals surface area contributed by atoms with Gasteiger partial charge in [-0.15, -0.1) is 0 Å². The second-order valence-electron chi connectivity index (χ2n) is 5.99. The largest absolute Gasteiger partial charge is 0.369 e. The molecule has 0 aliphatic carbocycles. The summed E-state index contributed by atoms with van der Waals surface area (Å²) in [6.45, 7) is 7.88. The van der Waals surface area contributed by atoms with Crippen LogP contribution in [0.25, 0.3) is 10.9 Å². The number of hydrogen-bond donors (Lipinski definition) is 1. The zero-order chi connectivity index (χ0) is 14.3. The van der Waals surface area contributed by atoms with Crippen molar-refractivity contribution in [3.63, 3.8) is 0 Å². The zero-order valence-corrected chi connectivity index (χ0v) is 12.1. The van der Waals surface area contributed by atoms with E-state index < -0.39 is 0 Å². The molecule has 0 radical (unpaired) electrons. The Morgan fingerprint density at radius 1 is 1.30 bits per heavy atom. The Labute approximate surface area is 118 Å². The number of anilines is 2. The highest BCUT2D eigenvalue weighted by Gasteiger charge is 2.32. The molecular weight excluding hydrogens is 252 g/mol. The van der Waals surface area contributed by atoms with Gasteiger partial charge in [0.15, 0.2) is 0 Å². The average Bonchev–Trinajstić information content (AvgIpc) is 2.35. The maximum atomic E-state index is 5.95. The number of fused-ring (bicyclic) bond motifs is 1. The van der Waals surface area contributed by atoms with Crippen LogP contribution in [0.2, 0.25) is 0 Å². The fourth-order valence-electron chi connectivity index (χ4n) is 2.93. The highest BCUT2D eigenvalue weighted by molar-refractivity contribution is 5.90. The van der Waals surface area contributed by atoms with Gasteiger partial charge in [0.05, 0.1) is 17.2 Å². The van der Waals surface area contributed by atoms with E-state index >= 15 is 0 Å². The van der Waals surface area contributed by atoms with E-state index in [1.807, 2.05) is 24.3 Å². The summed E-state index contributed by atoms with van der Waals surface area (Å²) in [5.41, 5.74) is 6.54. The summed E-state index contributed by atoms with van der Waals surface area (Å²) in [7, 11) is 0. The van der Waals surface area contributed by atoms with Crippen molar-refractivity contribution < 1.29 is 4.74 Å². The molecule has 2 heterocycles. The van der Waals surface area contributed by atoms with Crippen LogP contribution in [0, 0.1) is 0 Å². The molecule has 1 saturated heterocycles. The lowest BCUT2D eigenvalue weighted by atomic mass is 10.0. The summed E-state index contributed by atoms with van der Waals surface area (Å²) in [4.78, 5) is 11.0. The molecule has 1 unspecified atom stereocenters. The standard InChI is InChI=1S/C15H20N4O/c1-10-8-19(9-15(2,3)20-10)13-11-6-4-5-7-12(11)17-14(16)18-13/h4-7,10H,8-9H2,1-3H3,(H2,16,17,18). The number of aromatic nitrogens is 2. The second kappa shape index (κ2) is 4.59. The van der Waals surface area contributed by atoms with Gasteiger partial charge in [0.1, 0.15) is 5.82 Å². The Bertz CT molecular complexity index is 641. The van der Waals surface area contributed by atoms with Crippen LogP contribution >= 0.6 is 0 Å². The number of nitrogen functional groups attached to an aromatic ring is 1. The van der Waals surface area contributed by atoms with Crippen molar-refractivity contribution in [3.05, 3.63) is 24.3 Å². The monoisotopic (exact) mass is 272 g/mol. The maximum Gasteiger partial charge on any atom is 0.222 e. The van der Waals surface area contributed by atoms with Crippen molar-refractivity contribution >= 4 is 22.7 Å². The summed E-state index contributed by atoms with van der Waals surface area (Å²) in [6.07, 6.45) is 0.161. The molecule has 0 saturated carbocycles. The first kappa shape index (κ1) is 13.1. The van der Waals surface area contributed by atoms with Crippen molar-refractivity contribution in [3.8, 4) is 0 Å². The predicted octanol–water partition coefficient (Wildman–Crippen LogP) is 2.22. The third kappa shape index (κ3) is 2.41. The fourth-order valence-corrected chi connectivity index (χ4v) is 2.93. The third-order valence-corrected chi connectivity index (χ3v) is 3.47. The van der Waals surface area contributed by atoms with Gasteiger partial charge in [0, 0.05) is 18.5 Å². The summed E-state index contributed by atoms with van der Waals surface area (Å²) >= 11 is 0. The van der Waals surface area contributed by atoms with Gasteiger partial charge in [0.2, 0.25) is 5.95 Å². The third-order valence-electron chi connectivity index (χ3n) is 3.47. The van der Waals surface area contributed by atoms with E-state index in [1.165, 1.54) is 0 Å². The Morgan fingerprint density at radius 3 is 2.80 bits per heavy atom. The molecule has 1 aromatic carbocycles. The molecule has 1 atom stereocenters. The molecule has 2 N–H and O–H groups in total. The van der Waals surface area contributed by atoms with Gasteiger partial charge < -0.3 is 15.4 Å². The van der Waals surface area contributed by atoms with Crippen molar-refractivity contribution in [2.45, 2.75) is 32.5 Å². The van der Waals surface area contributed by atoms with Crippen LogP contribution in [0.3, 0.4) is 0 Å². The van der Waals surface area contributed by atoms with Crippen molar-refractivity contribution in [1.82, 2.24) is 9.97 Å². The topological polar surface area (TPSA) is 64.3 Å². The van der Waals surface area contributed by atoms with Crippen LogP contribution in [-0.2, 0) is 4.74 Å². The number of ether oxygens (including phenoxy) is 1. The Hall–Kier alpha value is -1.88. The van der Waals surface area contributed by atoms with E-state index in [0.29, 0.717) is 5.95 Å². The minimum absolute atomic E-state index is 0.161. The van der Waals surface area contributed by atoms with Crippen LogP contribution in [0.1, 0.15) is 20.8 Å². The summed E-state index contributed by atoms with van der Waals surface area (Å²) in [5.74, 6) is 1.21. The van der Waals surface area contributed by atoms with E-state index in [0.717, 1.165) is 29.8 Å². The van der Waals surface area contributed by atoms with E-state index in [1.54, 1.807) is 0 Å². The molecule has 0 spiro atoms. The first-order valence-corrected chi connectivity index (χ1v) is 6.90. The first-order chi connectivity index (χ1) is 9.44. The number of nitrogens with zero attached hydrogens (tertiary/aromatic N) is 3. The van der Waals surface area contributed by atoms with Crippen LogP contribution in [0.5, 0.6) is 0 Å². The summed E-state index contributed by atoms with van der Waals surface area (Å²) in [5, 5.41) is 1.03. The number of benzene rings is 1. The molecule has 1 aromatic heterocycles. The minimum atomic E-state index is -0.196. The van der Waals surface area contributed by atoms with E-state index in [9.17, 15) is 0 Å². The van der Waals surface area contributed by atoms with Gasteiger partial charge >= 0.3 is 0 Å². The number of para-hydroxylation sites is 1. The highest BCUT2D eigenvalue weighted by atomic mass is 16.5. The molecule has 0 bridgehead atoms. The lowest BCUT2D eigenvalue weighted by Crippen LogP contribution is -2.52. The fraction of sp³-hybridized carbons (Fsp3) is 0.467. The molecule has 5 nitrogen and oxygen atoms in total. The van der Waals surface area contributed by atoms with Crippen molar-refractivity contribution in [1.29, 1.82) is 0 Å². The Balaban J connectivity index is 2.09. The lowest BCUT2D eigenvalue weighted by Gasteiger charge is -2.42. The molecule has 0 amide bonds. The predicted molar refractivity (Wildman–Crippen MR) is 80.8 cm³/mol. The van der Waals surface area contributed by atoms with Gasteiger partial charge in [-0.2, -0.15) is 4.98 Å². The van der Waals surface area contributed by atoms with Gasteiger partial charge in [-0.25, -0.2) is 4.98 Å². The average molecular weight is 272 g/mol. The molecule has 106 valence electrons.